The van der Waals surface area contributed by atoms with Gasteiger partial charge in [-0.25, -0.2) is 0 Å². The smallest absolute Gasteiger partial charge is 0.752 e. The minimum atomic E-state index is 0. The molecule has 112 valence electrons. The van der Waals surface area contributed by atoms with Gasteiger partial charge in [-0.2, -0.15) is 20.4 Å². The fourth-order valence-electron chi connectivity index (χ4n) is 0.363. The van der Waals surface area contributed by atoms with Crippen molar-refractivity contribution in [1.82, 2.24) is 0 Å². The van der Waals surface area contributed by atoms with Crippen molar-refractivity contribution in [2.75, 3.05) is 12.5 Å². The Balaban J connectivity index is -0.000000256. The average molecular weight is 381 g/mol. The maximum absolute atomic E-state index is 4.76. The van der Waals surface area contributed by atoms with E-state index in [1.54, 1.807) is 0 Å². The number of hydrogen-bond acceptors (Lipinski definition) is 8. The van der Waals surface area contributed by atoms with Gasteiger partial charge in [0.2, 0.25) is 0 Å². The minimum absolute atomic E-state index is 0. The van der Waals surface area contributed by atoms with Crippen molar-refractivity contribution in [3.63, 3.8) is 0 Å². The van der Waals surface area contributed by atoms with Gasteiger partial charge in [0.15, 0.2) is 0 Å². The average Bonchev–Trinajstić information content (AvgIpc) is 2.33. The van der Waals surface area contributed by atoms with E-state index in [2.05, 4.69) is 20.4 Å². The largest absolute Gasteiger partial charge is 2.00 e. The summed E-state index contributed by atoms with van der Waals surface area (Å²) in [4.78, 5) is 0. The van der Waals surface area contributed by atoms with Crippen LogP contribution in [0, 0.1) is 0 Å². The van der Waals surface area contributed by atoms with E-state index < -0.39 is 0 Å². The molecule has 4 nitrogen and oxygen atoms in total. The van der Waals surface area contributed by atoms with Gasteiger partial charge in [0, 0.05) is 11.4 Å². The Morgan fingerprint density at radius 3 is 1.11 bits per heavy atom. The van der Waals surface area contributed by atoms with Crippen molar-refractivity contribution in [2.24, 2.45) is 20.4 Å². The van der Waals surface area contributed by atoms with Crippen molar-refractivity contribution in [1.29, 1.82) is 0 Å². The van der Waals surface area contributed by atoms with Crippen LogP contribution in [0.15, 0.2) is 20.4 Å². The minimum Gasteiger partial charge on any atom is -0.752 e. The van der Waals surface area contributed by atoms with E-state index in [9.17, 15) is 0 Å². The summed E-state index contributed by atoms with van der Waals surface area (Å²) in [5, 5.41) is 15.0. The number of nitrogens with zero attached hydrogens (tertiary/aromatic N) is 4. The molecular formula is C10H18N4NiS4. The van der Waals surface area contributed by atoms with E-state index in [-0.39, 0.29) is 16.5 Å². The standard InChI is InChI=1S/2C5H10N2S2.Ni/c2*1-4(2)6-7-5(8)9-3;/h2*1-3H3,(H,7,8);/q;;+2/p-2. The zero-order valence-corrected chi connectivity index (χ0v) is 16.0. The Labute approximate surface area is 145 Å². The van der Waals surface area contributed by atoms with Crippen LogP contribution < -0.4 is 0 Å². The van der Waals surface area contributed by atoms with Crippen LogP contribution in [0.4, 0.5) is 0 Å². The van der Waals surface area contributed by atoms with Crippen molar-refractivity contribution < 1.29 is 16.5 Å². The first-order chi connectivity index (χ1) is 8.33. The van der Waals surface area contributed by atoms with E-state index in [0.717, 1.165) is 11.4 Å². The molecule has 0 spiro atoms. The van der Waals surface area contributed by atoms with Crippen molar-refractivity contribution in [3.05, 3.63) is 0 Å². The summed E-state index contributed by atoms with van der Waals surface area (Å²) in [5.74, 6) is 0. The molecule has 0 heterocycles. The molecule has 0 amide bonds. The van der Waals surface area contributed by atoms with Gasteiger partial charge >= 0.3 is 16.5 Å². The monoisotopic (exact) mass is 380 g/mol. The van der Waals surface area contributed by atoms with Gasteiger partial charge in [-0.15, -0.1) is 23.5 Å². The van der Waals surface area contributed by atoms with E-state index in [1.807, 2.05) is 40.2 Å². The summed E-state index contributed by atoms with van der Waals surface area (Å²) in [6.45, 7) is 7.53. The Bertz CT molecular complexity index is 311. The Morgan fingerprint density at radius 2 is 0.947 bits per heavy atom. The molecule has 0 saturated carbocycles. The molecule has 19 heavy (non-hydrogen) atoms. The molecule has 0 aromatic rings. The Morgan fingerprint density at radius 1 is 0.684 bits per heavy atom. The SMILES string of the molecule is CSC([S-])=NN=C(C)C.CSC([S-])=NN=C(C)C.[Ni+2]. The molecule has 0 rings (SSSR count). The second-order valence-corrected chi connectivity index (χ2v) is 6.11. The van der Waals surface area contributed by atoms with Crippen molar-refractivity contribution in [2.45, 2.75) is 27.7 Å². The Kier molecular flexibility index (Phi) is 21.0. The van der Waals surface area contributed by atoms with Crippen LogP contribution in [0.2, 0.25) is 0 Å². The zero-order valence-electron chi connectivity index (χ0n) is 11.7. The molecule has 0 radical (unpaired) electrons. The molecule has 0 unspecified atom stereocenters. The number of thioether (sulfide) groups is 2. The van der Waals surface area contributed by atoms with E-state index >= 15 is 0 Å². The van der Waals surface area contributed by atoms with Gasteiger partial charge in [0.1, 0.15) is 0 Å². The maximum Gasteiger partial charge on any atom is 2.00 e. The molecule has 0 saturated heterocycles. The first kappa shape index (κ1) is 24.3. The summed E-state index contributed by atoms with van der Waals surface area (Å²) >= 11 is 12.4. The molecule has 0 aromatic heterocycles. The molecule has 0 aromatic carbocycles. The quantitative estimate of drug-likeness (QED) is 0.242. The van der Waals surface area contributed by atoms with Crippen LogP contribution in [0.25, 0.3) is 0 Å². The van der Waals surface area contributed by atoms with Crippen LogP contribution in [0.5, 0.6) is 0 Å². The molecule has 0 aliphatic heterocycles. The third-order valence-electron chi connectivity index (χ3n) is 1.01. The van der Waals surface area contributed by atoms with E-state index in [4.69, 9.17) is 25.3 Å². The Hall–Kier alpha value is 0.314. The van der Waals surface area contributed by atoms with Crippen LogP contribution in [0.1, 0.15) is 27.7 Å². The molecule has 0 fully saturated rings. The summed E-state index contributed by atoms with van der Waals surface area (Å²) in [6, 6.07) is 0. The van der Waals surface area contributed by atoms with Gasteiger partial charge in [-0.1, -0.05) is 0 Å². The predicted octanol–water partition coefficient (Wildman–Crippen LogP) is 3.29. The van der Waals surface area contributed by atoms with E-state index in [0.29, 0.717) is 8.75 Å². The predicted molar refractivity (Wildman–Crippen MR) is 94.2 cm³/mol. The summed E-state index contributed by atoms with van der Waals surface area (Å²) in [6.07, 6.45) is 3.76. The normalized spacial score (nSPS) is 10.6. The zero-order chi connectivity index (χ0) is 14.6. The molecule has 0 N–H and O–H groups in total. The summed E-state index contributed by atoms with van der Waals surface area (Å²) < 4.78 is 1.16. The number of rotatable bonds is 2. The molecule has 0 atom stereocenters. The topological polar surface area (TPSA) is 49.4 Å². The third-order valence-corrected chi connectivity index (χ3v) is 3.04. The van der Waals surface area contributed by atoms with Crippen molar-refractivity contribution >= 4 is 69.0 Å². The maximum atomic E-state index is 4.76. The fourth-order valence-corrected chi connectivity index (χ4v) is 0.690. The van der Waals surface area contributed by atoms with Crippen LogP contribution >= 0.6 is 23.5 Å². The summed E-state index contributed by atoms with van der Waals surface area (Å²) in [7, 11) is 0. The van der Waals surface area contributed by atoms with Crippen LogP contribution in [0.3, 0.4) is 0 Å². The van der Waals surface area contributed by atoms with Gasteiger partial charge in [-0.05, 0) is 49.0 Å². The molecule has 0 bridgehead atoms. The first-order valence-electron chi connectivity index (χ1n) is 4.93. The third kappa shape index (κ3) is 23.8. The van der Waals surface area contributed by atoms with Crippen LogP contribution in [-0.4, -0.2) is 32.7 Å². The second kappa shape index (κ2) is 16.4. The number of hydrogen-bond donors (Lipinski definition) is 0. The van der Waals surface area contributed by atoms with E-state index in [1.165, 1.54) is 23.5 Å². The van der Waals surface area contributed by atoms with Gasteiger partial charge in [0.25, 0.3) is 0 Å². The van der Waals surface area contributed by atoms with Gasteiger partial charge in [0.05, 0.1) is 0 Å². The van der Waals surface area contributed by atoms with Crippen molar-refractivity contribution in [3.8, 4) is 0 Å². The summed E-state index contributed by atoms with van der Waals surface area (Å²) in [5.41, 5.74) is 1.85. The van der Waals surface area contributed by atoms with Crippen LogP contribution in [-0.2, 0) is 41.7 Å². The molecule has 0 aliphatic rings. The molecular weight excluding hydrogens is 363 g/mol. The van der Waals surface area contributed by atoms with Gasteiger partial charge < -0.3 is 25.3 Å². The fraction of sp³-hybridized carbons (Fsp3) is 0.600. The first-order valence-corrected chi connectivity index (χ1v) is 8.19. The van der Waals surface area contributed by atoms with Gasteiger partial charge in [-0.3, -0.25) is 0 Å². The molecule has 0 aliphatic carbocycles. The molecule has 9 heteroatoms. The second-order valence-electron chi connectivity index (χ2n) is 3.23.